The highest BCUT2D eigenvalue weighted by Crippen LogP contribution is 1.90. The third-order valence-corrected chi connectivity index (χ3v) is 1.72. The molecule has 0 aromatic carbocycles. The lowest BCUT2D eigenvalue weighted by Gasteiger charge is -2.12. The molecule has 0 bridgehead atoms. The van der Waals surface area contributed by atoms with Crippen LogP contribution in [-0.4, -0.2) is 52.7 Å². The topological polar surface area (TPSA) is 39.7 Å². The Morgan fingerprint density at radius 2 is 1.93 bits per heavy atom. The van der Waals surface area contributed by atoms with Gasteiger partial charge in [-0.1, -0.05) is 0 Å². The SMILES string of the molecule is CCOCC(C)OCCNCCOC. The molecule has 4 nitrogen and oxygen atoms in total. The van der Waals surface area contributed by atoms with E-state index in [4.69, 9.17) is 14.2 Å². The van der Waals surface area contributed by atoms with Crippen LogP contribution in [0, 0.1) is 0 Å². The fourth-order valence-corrected chi connectivity index (χ4v) is 0.963. The fraction of sp³-hybridized carbons (Fsp3) is 1.00. The second-order valence-corrected chi connectivity index (χ2v) is 3.08. The van der Waals surface area contributed by atoms with E-state index in [1.807, 2.05) is 13.8 Å². The molecule has 0 amide bonds. The minimum atomic E-state index is 0.180. The number of rotatable bonds is 10. The number of hydrogen-bond donors (Lipinski definition) is 1. The van der Waals surface area contributed by atoms with Gasteiger partial charge in [-0.3, -0.25) is 0 Å². The second-order valence-electron chi connectivity index (χ2n) is 3.08. The summed E-state index contributed by atoms with van der Waals surface area (Å²) in [5.74, 6) is 0. The Morgan fingerprint density at radius 3 is 2.57 bits per heavy atom. The fourth-order valence-electron chi connectivity index (χ4n) is 0.963. The van der Waals surface area contributed by atoms with E-state index in [9.17, 15) is 0 Å². The highest BCUT2D eigenvalue weighted by atomic mass is 16.5. The van der Waals surface area contributed by atoms with Crippen molar-refractivity contribution in [1.29, 1.82) is 0 Å². The molecule has 4 heteroatoms. The number of nitrogens with one attached hydrogen (secondary N) is 1. The lowest BCUT2D eigenvalue weighted by Crippen LogP contribution is -2.26. The Morgan fingerprint density at radius 1 is 1.21 bits per heavy atom. The van der Waals surface area contributed by atoms with Gasteiger partial charge in [-0.25, -0.2) is 0 Å². The van der Waals surface area contributed by atoms with Crippen LogP contribution in [0.25, 0.3) is 0 Å². The van der Waals surface area contributed by atoms with Crippen molar-refractivity contribution in [2.24, 2.45) is 0 Å². The van der Waals surface area contributed by atoms with Crippen LogP contribution in [0.4, 0.5) is 0 Å². The van der Waals surface area contributed by atoms with Gasteiger partial charge in [0.05, 0.1) is 25.9 Å². The Balaban J connectivity index is 3.02. The van der Waals surface area contributed by atoms with Crippen molar-refractivity contribution in [3.63, 3.8) is 0 Å². The van der Waals surface area contributed by atoms with Crippen LogP contribution >= 0.6 is 0 Å². The van der Waals surface area contributed by atoms with Crippen molar-refractivity contribution < 1.29 is 14.2 Å². The molecule has 0 saturated heterocycles. The van der Waals surface area contributed by atoms with Crippen molar-refractivity contribution in [3.8, 4) is 0 Å². The predicted molar refractivity (Wildman–Crippen MR) is 56.7 cm³/mol. The van der Waals surface area contributed by atoms with Crippen LogP contribution < -0.4 is 5.32 Å². The number of hydrogen-bond acceptors (Lipinski definition) is 4. The highest BCUT2D eigenvalue weighted by molar-refractivity contribution is 4.49. The van der Waals surface area contributed by atoms with Crippen LogP contribution in [0.1, 0.15) is 13.8 Å². The molecule has 1 unspecified atom stereocenters. The molecule has 0 rings (SSSR count). The molecule has 1 N–H and O–H groups in total. The Hall–Kier alpha value is -0.160. The van der Waals surface area contributed by atoms with Gasteiger partial charge in [0, 0.05) is 26.8 Å². The van der Waals surface area contributed by atoms with Crippen molar-refractivity contribution >= 4 is 0 Å². The minimum absolute atomic E-state index is 0.180. The maximum atomic E-state index is 5.50. The quantitative estimate of drug-likeness (QED) is 0.532. The van der Waals surface area contributed by atoms with Crippen LogP contribution in [0.15, 0.2) is 0 Å². The standard InChI is InChI=1S/C10H23NO3/c1-4-13-9-10(2)14-8-6-11-5-7-12-3/h10-11H,4-9H2,1-3H3. The molecule has 0 aliphatic carbocycles. The zero-order valence-electron chi connectivity index (χ0n) is 9.54. The molecular formula is C10H23NO3. The van der Waals surface area contributed by atoms with Gasteiger partial charge in [0.15, 0.2) is 0 Å². The van der Waals surface area contributed by atoms with Gasteiger partial charge in [0.25, 0.3) is 0 Å². The van der Waals surface area contributed by atoms with Gasteiger partial charge in [0.2, 0.25) is 0 Å². The number of ether oxygens (including phenoxy) is 3. The van der Waals surface area contributed by atoms with Crippen molar-refractivity contribution in [1.82, 2.24) is 5.32 Å². The van der Waals surface area contributed by atoms with E-state index in [0.717, 1.165) is 32.9 Å². The molecule has 0 fully saturated rings. The summed E-state index contributed by atoms with van der Waals surface area (Å²) in [6.07, 6.45) is 0.180. The second kappa shape index (κ2) is 10.9. The van der Waals surface area contributed by atoms with E-state index < -0.39 is 0 Å². The largest absolute Gasteiger partial charge is 0.383 e. The molecule has 86 valence electrons. The average molecular weight is 205 g/mol. The van der Waals surface area contributed by atoms with Gasteiger partial charge < -0.3 is 19.5 Å². The third-order valence-electron chi connectivity index (χ3n) is 1.72. The molecule has 0 aromatic heterocycles. The lowest BCUT2D eigenvalue weighted by atomic mass is 10.4. The summed E-state index contributed by atoms with van der Waals surface area (Å²) in [4.78, 5) is 0. The Kier molecular flexibility index (Phi) is 10.8. The van der Waals surface area contributed by atoms with E-state index in [1.165, 1.54) is 0 Å². The van der Waals surface area contributed by atoms with E-state index in [-0.39, 0.29) is 6.10 Å². The van der Waals surface area contributed by atoms with E-state index >= 15 is 0 Å². The summed E-state index contributed by atoms with van der Waals surface area (Å²) >= 11 is 0. The normalized spacial score (nSPS) is 13.1. The van der Waals surface area contributed by atoms with Crippen LogP contribution in [0.2, 0.25) is 0 Å². The van der Waals surface area contributed by atoms with E-state index in [1.54, 1.807) is 7.11 Å². The van der Waals surface area contributed by atoms with Crippen LogP contribution in [-0.2, 0) is 14.2 Å². The van der Waals surface area contributed by atoms with Crippen molar-refractivity contribution in [3.05, 3.63) is 0 Å². The summed E-state index contributed by atoms with van der Waals surface area (Å²) in [5, 5.41) is 3.21. The maximum absolute atomic E-state index is 5.50. The average Bonchev–Trinajstić information content (AvgIpc) is 2.20. The Labute approximate surface area is 86.9 Å². The van der Waals surface area contributed by atoms with Crippen LogP contribution in [0.3, 0.4) is 0 Å². The summed E-state index contributed by atoms with van der Waals surface area (Å²) in [6.45, 7) is 8.63. The summed E-state index contributed by atoms with van der Waals surface area (Å²) < 4.78 is 15.6. The zero-order valence-corrected chi connectivity index (χ0v) is 9.54. The molecule has 0 saturated carbocycles. The van der Waals surface area contributed by atoms with Crippen molar-refractivity contribution in [2.75, 3.05) is 46.6 Å². The first-order valence-electron chi connectivity index (χ1n) is 5.20. The monoisotopic (exact) mass is 205 g/mol. The molecule has 0 heterocycles. The molecule has 1 atom stereocenters. The first kappa shape index (κ1) is 13.8. The molecular weight excluding hydrogens is 182 g/mol. The van der Waals surface area contributed by atoms with Crippen LogP contribution in [0.5, 0.6) is 0 Å². The molecule has 14 heavy (non-hydrogen) atoms. The molecule has 0 aliphatic rings. The third kappa shape index (κ3) is 9.92. The lowest BCUT2D eigenvalue weighted by molar-refractivity contribution is -0.00210. The zero-order chi connectivity index (χ0) is 10.6. The Bertz CT molecular complexity index is 112. The van der Waals surface area contributed by atoms with Gasteiger partial charge in [0.1, 0.15) is 0 Å². The summed E-state index contributed by atoms with van der Waals surface area (Å²) in [6, 6.07) is 0. The van der Waals surface area contributed by atoms with Gasteiger partial charge in [-0.2, -0.15) is 0 Å². The predicted octanol–water partition coefficient (Wildman–Crippen LogP) is 0.664. The molecule has 0 spiro atoms. The van der Waals surface area contributed by atoms with Gasteiger partial charge in [-0.05, 0) is 13.8 Å². The first-order chi connectivity index (χ1) is 6.81. The first-order valence-corrected chi connectivity index (χ1v) is 5.20. The molecule has 0 aromatic rings. The maximum Gasteiger partial charge on any atom is 0.0781 e. The summed E-state index contributed by atoms with van der Waals surface area (Å²) in [7, 11) is 1.70. The molecule has 0 radical (unpaired) electrons. The molecule has 0 aliphatic heterocycles. The number of methoxy groups -OCH3 is 1. The smallest absolute Gasteiger partial charge is 0.0781 e. The summed E-state index contributed by atoms with van der Waals surface area (Å²) in [5.41, 5.74) is 0. The minimum Gasteiger partial charge on any atom is -0.383 e. The van der Waals surface area contributed by atoms with Gasteiger partial charge >= 0.3 is 0 Å². The van der Waals surface area contributed by atoms with E-state index in [0.29, 0.717) is 6.61 Å². The van der Waals surface area contributed by atoms with E-state index in [2.05, 4.69) is 5.32 Å². The highest BCUT2D eigenvalue weighted by Gasteiger charge is 2.00. The van der Waals surface area contributed by atoms with Crippen molar-refractivity contribution in [2.45, 2.75) is 20.0 Å². The van der Waals surface area contributed by atoms with Gasteiger partial charge in [-0.15, -0.1) is 0 Å².